The Bertz CT molecular complexity index is 786. The van der Waals surface area contributed by atoms with Crippen LogP contribution in [0.3, 0.4) is 0 Å². The van der Waals surface area contributed by atoms with Crippen molar-refractivity contribution in [3.05, 3.63) is 53.6 Å². The molecule has 0 N–H and O–H groups in total. The molecule has 0 spiro atoms. The Morgan fingerprint density at radius 1 is 0.963 bits per heavy atom. The molecule has 0 bridgehead atoms. The van der Waals surface area contributed by atoms with Crippen molar-refractivity contribution >= 4 is 11.7 Å². The summed E-state index contributed by atoms with van der Waals surface area (Å²) in [5, 5.41) is 0. The lowest BCUT2D eigenvalue weighted by molar-refractivity contribution is 0.0601. The van der Waals surface area contributed by atoms with E-state index in [4.69, 9.17) is 14.2 Å². The fraction of sp³-hybridized carbons (Fsp3) is 0.381. The van der Waals surface area contributed by atoms with Crippen molar-refractivity contribution in [2.75, 3.05) is 52.4 Å². The molecule has 0 aliphatic carbocycles. The number of carbonyl (C=O) groups is 1. The molecule has 6 heteroatoms. The maximum Gasteiger partial charge on any atom is 0.339 e. The Kier molecular flexibility index (Phi) is 6.19. The predicted molar refractivity (Wildman–Crippen MR) is 105 cm³/mol. The third-order valence-electron chi connectivity index (χ3n) is 4.90. The molecule has 0 unspecified atom stereocenters. The quantitative estimate of drug-likeness (QED) is 0.729. The first kappa shape index (κ1) is 19.0. The largest absolute Gasteiger partial charge is 0.497 e. The molecule has 3 rings (SSSR count). The van der Waals surface area contributed by atoms with Crippen LogP contribution in [0, 0.1) is 0 Å². The van der Waals surface area contributed by atoms with Gasteiger partial charge in [0.15, 0.2) is 0 Å². The molecule has 27 heavy (non-hydrogen) atoms. The zero-order chi connectivity index (χ0) is 19.2. The zero-order valence-corrected chi connectivity index (χ0v) is 16.1. The summed E-state index contributed by atoms with van der Waals surface area (Å²) in [4.78, 5) is 16.7. The topological polar surface area (TPSA) is 51.2 Å². The average Bonchev–Trinajstić information content (AvgIpc) is 2.73. The highest BCUT2D eigenvalue weighted by molar-refractivity contribution is 5.95. The van der Waals surface area contributed by atoms with Crippen LogP contribution < -0.4 is 14.4 Å². The smallest absolute Gasteiger partial charge is 0.339 e. The Hall–Kier alpha value is -2.73. The van der Waals surface area contributed by atoms with Gasteiger partial charge in [-0.25, -0.2) is 4.79 Å². The Balaban J connectivity index is 1.68. The first-order valence-corrected chi connectivity index (χ1v) is 9.01. The van der Waals surface area contributed by atoms with E-state index in [0.29, 0.717) is 5.56 Å². The number of ether oxygens (including phenoxy) is 3. The van der Waals surface area contributed by atoms with Crippen LogP contribution in [0.25, 0.3) is 0 Å². The van der Waals surface area contributed by atoms with Gasteiger partial charge in [0.1, 0.15) is 11.5 Å². The van der Waals surface area contributed by atoms with E-state index in [-0.39, 0.29) is 5.97 Å². The Morgan fingerprint density at radius 3 is 2.37 bits per heavy atom. The number of methoxy groups -OCH3 is 3. The maximum absolute atomic E-state index is 12.0. The molecule has 2 aromatic carbocycles. The fourth-order valence-corrected chi connectivity index (χ4v) is 3.43. The summed E-state index contributed by atoms with van der Waals surface area (Å²) < 4.78 is 15.7. The molecule has 1 aliphatic rings. The number of anilines is 1. The summed E-state index contributed by atoms with van der Waals surface area (Å²) in [6.45, 7) is 4.29. The maximum atomic E-state index is 12.0. The van der Waals surface area contributed by atoms with Crippen LogP contribution in [0.4, 0.5) is 5.69 Å². The van der Waals surface area contributed by atoms with Crippen molar-refractivity contribution in [1.82, 2.24) is 4.90 Å². The molecule has 0 saturated carbocycles. The lowest BCUT2D eigenvalue weighted by atomic mass is 10.1. The van der Waals surface area contributed by atoms with Crippen LogP contribution in [-0.4, -0.2) is 58.4 Å². The lowest BCUT2D eigenvalue weighted by Gasteiger charge is -2.37. The second-order valence-corrected chi connectivity index (χ2v) is 6.45. The highest BCUT2D eigenvalue weighted by Gasteiger charge is 2.22. The predicted octanol–water partition coefficient (Wildman–Crippen LogP) is 2.81. The number of nitrogens with zero attached hydrogens (tertiary/aromatic N) is 2. The van der Waals surface area contributed by atoms with E-state index in [1.165, 1.54) is 7.11 Å². The molecule has 1 saturated heterocycles. The lowest BCUT2D eigenvalue weighted by Crippen LogP contribution is -2.46. The summed E-state index contributed by atoms with van der Waals surface area (Å²) >= 11 is 0. The zero-order valence-electron chi connectivity index (χ0n) is 16.1. The number of rotatable bonds is 6. The first-order chi connectivity index (χ1) is 13.2. The number of hydrogen-bond donors (Lipinski definition) is 0. The van der Waals surface area contributed by atoms with Crippen molar-refractivity contribution in [1.29, 1.82) is 0 Å². The van der Waals surface area contributed by atoms with Crippen LogP contribution in [0.1, 0.15) is 15.9 Å². The number of esters is 1. The molecular weight excluding hydrogens is 344 g/mol. The van der Waals surface area contributed by atoms with Crippen LogP contribution in [0.2, 0.25) is 0 Å². The average molecular weight is 370 g/mol. The number of carbonyl (C=O) groups excluding carboxylic acids is 1. The van der Waals surface area contributed by atoms with E-state index in [2.05, 4.69) is 9.80 Å². The van der Waals surface area contributed by atoms with Crippen LogP contribution >= 0.6 is 0 Å². The summed E-state index contributed by atoms with van der Waals surface area (Å²) in [6.07, 6.45) is 0. The summed E-state index contributed by atoms with van der Waals surface area (Å²) in [5.41, 5.74) is 2.66. The monoisotopic (exact) mass is 370 g/mol. The van der Waals surface area contributed by atoms with Gasteiger partial charge in [-0.1, -0.05) is 12.1 Å². The molecule has 1 fully saturated rings. The van der Waals surface area contributed by atoms with Crippen molar-refractivity contribution in [3.8, 4) is 11.5 Å². The third-order valence-corrected chi connectivity index (χ3v) is 4.90. The highest BCUT2D eigenvalue weighted by Crippen LogP contribution is 2.27. The standard InChI is InChI=1S/C21H26N2O4/c1-25-17-8-9-20(26-2)16(14-17)15-22-10-12-23(13-11-22)19-7-5-4-6-18(19)21(24)27-3/h4-9,14H,10-13,15H2,1-3H3. The Labute approximate surface area is 160 Å². The Morgan fingerprint density at radius 2 is 1.70 bits per heavy atom. The molecule has 0 radical (unpaired) electrons. The molecule has 0 aromatic heterocycles. The highest BCUT2D eigenvalue weighted by atomic mass is 16.5. The van der Waals surface area contributed by atoms with Gasteiger partial charge in [0, 0.05) is 38.3 Å². The van der Waals surface area contributed by atoms with E-state index in [1.807, 2.05) is 42.5 Å². The molecule has 0 atom stereocenters. The molecule has 144 valence electrons. The van der Waals surface area contributed by atoms with Gasteiger partial charge in [-0.15, -0.1) is 0 Å². The summed E-state index contributed by atoms with van der Waals surface area (Å²) in [6, 6.07) is 13.5. The minimum atomic E-state index is -0.297. The van der Waals surface area contributed by atoms with Gasteiger partial charge in [0.05, 0.1) is 32.6 Å². The normalized spacial score (nSPS) is 14.7. The molecule has 1 aliphatic heterocycles. The number of para-hydroxylation sites is 1. The second kappa shape index (κ2) is 8.77. The SMILES string of the molecule is COC(=O)c1ccccc1N1CCN(Cc2cc(OC)ccc2OC)CC1. The summed E-state index contributed by atoms with van der Waals surface area (Å²) in [7, 11) is 4.77. The minimum Gasteiger partial charge on any atom is -0.497 e. The van der Waals surface area contributed by atoms with Crippen molar-refractivity contribution < 1.29 is 19.0 Å². The van der Waals surface area contributed by atoms with Gasteiger partial charge in [-0.2, -0.15) is 0 Å². The van der Waals surface area contributed by atoms with E-state index in [9.17, 15) is 4.79 Å². The number of hydrogen-bond acceptors (Lipinski definition) is 6. The molecule has 1 heterocycles. The summed E-state index contributed by atoms with van der Waals surface area (Å²) in [5.74, 6) is 1.40. The minimum absolute atomic E-state index is 0.297. The van der Waals surface area contributed by atoms with E-state index in [0.717, 1.165) is 55.5 Å². The van der Waals surface area contributed by atoms with Crippen molar-refractivity contribution in [2.24, 2.45) is 0 Å². The van der Waals surface area contributed by atoms with E-state index < -0.39 is 0 Å². The van der Waals surface area contributed by atoms with E-state index in [1.54, 1.807) is 14.2 Å². The van der Waals surface area contributed by atoms with Crippen molar-refractivity contribution in [2.45, 2.75) is 6.54 Å². The van der Waals surface area contributed by atoms with Gasteiger partial charge >= 0.3 is 5.97 Å². The molecule has 2 aromatic rings. The van der Waals surface area contributed by atoms with Gasteiger partial charge in [0.25, 0.3) is 0 Å². The van der Waals surface area contributed by atoms with Gasteiger partial charge < -0.3 is 19.1 Å². The van der Waals surface area contributed by atoms with Crippen LogP contribution in [0.15, 0.2) is 42.5 Å². The van der Waals surface area contributed by atoms with Gasteiger partial charge in [0.2, 0.25) is 0 Å². The first-order valence-electron chi connectivity index (χ1n) is 9.01. The number of benzene rings is 2. The molecular formula is C21H26N2O4. The van der Waals surface area contributed by atoms with Gasteiger partial charge in [-0.05, 0) is 30.3 Å². The second-order valence-electron chi connectivity index (χ2n) is 6.45. The fourth-order valence-electron chi connectivity index (χ4n) is 3.43. The van der Waals surface area contributed by atoms with Crippen molar-refractivity contribution in [3.63, 3.8) is 0 Å². The van der Waals surface area contributed by atoms with Crippen LogP contribution in [-0.2, 0) is 11.3 Å². The third kappa shape index (κ3) is 4.34. The molecule has 0 amide bonds. The van der Waals surface area contributed by atoms with Gasteiger partial charge in [-0.3, -0.25) is 4.90 Å². The van der Waals surface area contributed by atoms with E-state index >= 15 is 0 Å². The molecule has 6 nitrogen and oxygen atoms in total. The number of piperazine rings is 1. The van der Waals surface area contributed by atoms with Crippen LogP contribution in [0.5, 0.6) is 11.5 Å².